The molecule has 118 valence electrons. The molecule has 20 heavy (non-hydrogen) atoms. The first-order valence-electron chi connectivity index (χ1n) is 8.50. The van der Waals surface area contributed by atoms with E-state index >= 15 is 0 Å². The lowest BCUT2D eigenvalue weighted by molar-refractivity contribution is -0.133. The van der Waals surface area contributed by atoms with Gasteiger partial charge in [-0.15, -0.1) is 0 Å². The summed E-state index contributed by atoms with van der Waals surface area (Å²) in [6, 6.07) is 0.376. The molecule has 1 aliphatic heterocycles. The summed E-state index contributed by atoms with van der Waals surface area (Å²) in [7, 11) is 0. The van der Waals surface area contributed by atoms with Crippen molar-refractivity contribution in [2.24, 2.45) is 11.8 Å². The number of rotatable bonds is 8. The van der Waals surface area contributed by atoms with E-state index in [0.717, 1.165) is 32.1 Å². The molecule has 0 spiro atoms. The predicted octanol–water partition coefficient (Wildman–Crippen LogP) is 3.78. The zero-order valence-corrected chi connectivity index (χ0v) is 14.3. The third kappa shape index (κ3) is 4.21. The highest BCUT2D eigenvalue weighted by atomic mass is 16.2. The maximum Gasteiger partial charge on any atom is 0.241 e. The second kappa shape index (κ2) is 8.02. The Balaban J connectivity index is 2.81. The highest BCUT2D eigenvalue weighted by Crippen LogP contribution is 2.26. The summed E-state index contributed by atoms with van der Waals surface area (Å²) >= 11 is 0. The predicted molar refractivity (Wildman–Crippen MR) is 85.5 cm³/mol. The first-order chi connectivity index (χ1) is 9.42. The van der Waals surface area contributed by atoms with Gasteiger partial charge in [0.15, 0.2) is 0 Å². The number of nitrogens with zero attached hydrogens (tertiary/aromatic N) is 1. The van der Waals surface area contributed by atoms with E-state index in [1.54, 1.807) is 0 Å². The van der Waals surface area contributed by atoms with Gasteiger partial charge in [0, 0.05) is 6.04 Å². The number of unbranched alkanes of at least 4 members (excludes halogenated alkanes) is 1. The van der Waals surface area contributed by atoms with Crippen molar-refractivity contribution in [1.82, 2.24) is 10.2 Å². The van der Waals surface area contributed by atoms with Gasteiger partial charge in [-0.25, -0.2) is 0 Å². The summed E-state index contributed by atoms with van der Waals surface area (Å²) in [5.41, 5.74) is 0. The van der Waals surface area contributed by atoms with Crippen LogP contribution in [0.2, 0.25) is 0 Å². The van der Waals surface area contributed by atoms with Crippen LogP contribution in [0, 0.1) is 11.8 Å². The molecule has 0 aromatic heterocycles. The number of amides is 1. The van der Waals surface area contributed by atoms with Crippen molar-refractivity contribution in [1.29, 1.82) is 0 Å². The number of carbonyl (C=O) groups is 1. The van der Waals surface area contributed by atoms with Crippen molar-refractivity contribution in [3.63, 3.8) is 0 Å². The van der Waals surface area contributed by atoms with Crippen LogP contribution in [0.1, 0.15) is 73.6 Å². The van der Waals surface area contributed by atoms with Crippen molar-refractivity contribution >= 4 is 5.91 Å². The van der Waals surface area contributed by atoms with Crippen molar-refractivity contribution in [3.8, 4) is 0 Å². The minimum atomic E-state index is 0.0465. The van der Waals surface area contributed by atoms with Gasteiger partial charge < -0.3 is 4.90 Å². The second-order valence-electron chi connectivity index (χ2n) is 6.88. The smallest absolute Gasteiger partial charge is 0.241 e. The molecule has 3 heteroatoms. The first kappa shape index (κ1) is 17.5. The van der Waals surface area contributed by atoms with E-state index in [0.29, 0.717) is 23.8 Å². The average molecular weight is 282 g/mol. The van der Waals surface area contributed by atoms with Crippen molar-refractivity contribution in [2.75, 3.05) is 0 Å². The van der Waals surface area contributed by atoms with Crippen molar-refractivity contribution < 1.29 is 4.79 Å². The number of hydrogen-bond donors (Lipinski definition) is 1. The molecule has 0 aromatic rings. The van der Waals surface area contributed by atoms with Crippen LogP contribution in [0.4, 0.5) is 0 Å². The first-order valence-corrected chi connectivity index (χ1v) is 8.50. The fourth-order valence-corrected chi connectivity index (χ4v) is 3.06. The molecule has 0 radical (unpaired) electrons. The van der Waals surface area contributed by atoms with E-state index in [-0.39, 0.29) is 12.2 Å². The minimum absolute atomic E-state index is 0.0465. The molecule has 4 unspecified atom stereocenters. The fourth-order valence-electron chi connectivity index (χ4n) is 3.06. The lowest BCUT2D eigenvalue weighted by Gasteiger charge is -2.34. The molecule has 0 aromatic carbocycles. The molecular weight excluding hydrogens is 248 g/mol. The largest absolute Gasteiger partial charge is 0.323 e. The molecule has 1 N–H and O–H groups in total. The van der Waals surface area contributed by atoms with Crippen molar-refractivity contribution in [2.45, 2.75) is 91.9 Å². The number of hydrogen-bond acceptors (Lipinski definition) is 2. The van der Waals surface area contributed by atoms with Gasteiger partial charge in [0.05, 0.1) is 12.2 Å². The Kier molecular flexibility index (Phi) is 7.01. The normalized spacial score (nSPS) is 26.4. The molecule has 1 heterocycles. The Hall–Kier alpha value is -0.570. The summed E-state index contributed by atoms with van der Waals surface area (Å²) in [5, 5.41) is 3.59. The van der Waals surface area contributed by atoms with Gasteiger partial charge >= 0.3 is 0 Å². The highest BCUT2D eigenvalue weighted by Gasteiger charge is 2.41. The van der Waals surface area contributed by atoms with Crippen LogP contribution in [-0.4, -0.2) is 29.1 Å². The Morgan fingerprint density at radius 1 is 1.20 bits per heavy atom. The van der Waals surface area contributed by atoms with Gasteiger partial charge in [-0.3, -0.25) is 10.1 Å². The van der Waals surface area contributed by atoms with E-state index in [9.17, 15) is 4.79 Å². The highest BCUT2D eigenvalue weighted by molar-refractivity contribution is 5.84. The summed E-state index contributed by atoms with van der Waals surface area (Å²) in [6.45, 7) is 13.3. The van der Waals surface area contributed by atoms with Crippen LogP contribution in [-0.2, 0) is 4.79 Å². The molecule has 3 nitrogen and oxygen atoms in total. The maximum atomic E-state index is 12.7. The van der Waals surface area contributed by atoms with Crippen LogP contribution < -0.4 is 5.32 Å². The van der Waals surface area contributed by atoms with Gasteiger partial charge in [-0.05, 0) is 31.6 Å². The van der Waals surface area contributed by atoms with E-state index in [4.69, 9.17) is 0 Å². The molecule has 1 rings (SSSR count). The molecule has 0 bridgehead atoms. The topological polar surface area (TPSA) is 32.3 Å². The van der Waals surface area contributed by atoms with E-state index in [2.05, 4.69) is 51.8 Å². The number of nitrogens with one attached hydrogen (secondary N) is 1. The molecule has 0 aliphatic carbocycles. The van der Waals surface area contributed by atoms with E-state index in [1.165, 1.54) is 0 Å². The molecule has 1 amide bonds. The zero-order valence-electron chi connectivity index (χ0n) is 14.3. The van der Waals surface area contributed by atoms with Crippen LogP contribution in [0.5, 0.6) is 0 Å². The third-order valence-corrected chi connectivity index (χ3v) is 4.73. The Morgan fingerprint density at radius 3 is 2.35 bits per heavy atom. The fraction of sp³-hybridized carbons (Fsp3) is 0.941. The van der Waals surface area contributed by atoms with Gasteiger partial charge in [0.1, 0.15) is 0 Å². The average Bonchev–Trinajstić information content (AvgIpc) is 2.70. The standard InChI is InChI=1S/C17H34N2O/c1-7-9-10-15-17(20)19(14(6)13(5)8-2)16(18-15)11-12(3)4/h12-16,18H,7-11H2,1-6H3. The second-order valence-corrected chi connectivity index (χ2v) is 6.88. The van der Waals surface area contributed by atoms with Gasteiger partial charge in [0.25, 0.3) is 0 Å². The minimum Gasteiger partial charge on any atom is -0.323 e. The van der Waals surface area contributed by atoms with Crippen LogP contribution in [0.15, 0.2) is 0 Å². The SMILES string of the molecule is CCCCC1NC(CC(C)C)N(C(C)C(C)CC)C1=O. The molecule has 4 atom stereocenters. The van der Waals surface area contributed by atoms with Crippen LogP contribution >= 0.6 is 0 Å². The Bertz CT molecular complexity index is 303. The van der Waals surface area contributed by atoms with Crippen LogP contribution in [0.25, 0.3) is 0 Å². The molecule has 1 fully saturated rings. The maximum absolute atomic E-state index is 12.7. The van der Waals surface area contributed by atoms with Gasteiger partial charge in [-0.2, -0.15) is 0 Å². The molecular formula is C17H34N2O. The van der Waals surface area contributed by atoms with Gasteiger partial charge in [0.2, 0.25) is 5.91 Å². The van der Waals surface area contributed by atoms with Crippen LogP contribution in [0.3, 0.4) is 0 Å². The third-order valence-electron chi connectivity index (χ3n) is 4.73. The lowest BCUT2D eigenvalue weighted by atomic mass is 9.97. The van der Waals surface area contributed by atoms with E-state index in [1.807, 2.05) is 0 Å². The monoisotopic (exact) mass is 282 g/mol. The molecule has 1 aliphatic rings. The Morgan fingerprint density at radius 2 is 1.85 bits per heavy atom. The summed E-state index contributed by atoms with van der Waals surface area (Å²) in [4.78, 5) is 14.9. The summed E-state index contributed by atoms with van der Waals surface area (Å²) in [5.74, 6) is 1.49. The quantitative estimate of drug-likeness (QED) is 0.734. The summed E-state index contributed by atoms with van der Waals surface area (Å²) in [6.07, 6.45) is 5.67. The van der Waals surface area contributed by atoms with E-state index < -0.39 is 0 Å². The van der Waals surface area contributed by atoms with Crippen molar-refractivity contribution in [3.05, 3.63) is 0 Å². The summed E-state index contributed by atoms with van der Waals surface area (Å²) < 4.78 is 0. The Labute approximate surface area is 125 Å². The molecule has 0 saturated carbocycles. The molecule has 1 saturated heterocycles. The van der Waals surface area contributed by atoms with Gasteiger partial charge in [-0.1, -0.05) is 53.9 Å². The number of carbonyl (C=O) groups excluding carboxylic acids is 1. The zero-order chi connectivity index (χ0) is 15.3. The lowest BCUT2D eigenvalue weighted by Crippen LogP contribution is -2.46.